The van der Waals surface area contributed by atoms with E-state index in [4.69, 9.17) is 27.6 Å². The van der Waals surface area contributed by atoms with Crippen LogP contribution in [0.15, 0.2) is 41.0 Å². The molecule has 1 heterocycles. The first-order chi connectivity index (χ1) is 12.8. The molecule has 0 fully saturated rings. The van der Waals surface area contributed by atoms with Crippen LogP contribution in [0.3, 0.4) is 0 Å². The third kappa shape index (κ3) is 7.29. The highest BCUT2D eigenvalue weighted by Gasteiger charge is 2.21. The van der Waals surface area contributed by atoms with Gasteiger partial charge in [-0.25, -0.2) is 8.42 Å². The number of nitrogens with one attached hydrogen (secondary N) is 1. The molecule has 0 aliphatic rings. The maximum Gasteiger partial charge on any atom is 0.240 e. The number of hydrogen-bond acceptors (Lipinski definition) is 5. The second-order valence-electron chi connectivity index (χ2n) is 5.70. The Morgan fingerprint density at radius 2 is 2.04 bits per heavy atom. The minimum atomic E-state index is -3.65. The van der Waals surface area contributed by atoms with Gasteiger partial charge in [-0.2, -0.15) is 11.8 Å². The van der Waals surface area contributed by atoms with Crippen LogP contribution >= 0.6 is 35.0 Å². The van der Waals surface area contributed by atoms with Crippen LogP contribution in [-0.4, -0.2) is 39.4 Å². The van der Waals surface area contributed by atoms with Crippen LogP contribution in [0.25, 0.3) is 0 Å². The normalized spacial score (nSPS) is 11.4. The zero-order valence-electron chi connectivity index (χ0n) is 14.7. The maximum absolute atomic E-state index is 12.1. The molecule has 0 aliphatic carbocycles. The fourth-order valence-corrected chi connectivity index (χ4v) is 4.19. The highest BCUT2D eigenvalue weighted by molar-refractivity contribution is 7.98. The van der Waals surface area contributed by atoms with Crippen LogP contribution in [0.5, 0.6) is 0 Å². The molecular weight excluding hydrogens is 431 g/mol. The van der Waals surface area contributed by atoms with Crippen molar-refractivity contribution in [2.75, 3.05) is 29.4 Å². The molecule has 0 spiro atoms. The molecule has 1 amide bonds. The van der Waals surface area contributed by atoms with E-state index in [0.29, 0.717) is 11.6 Å². The quantitative estimate of drug-likeness (QED) is 0.556. The van der Waals surface area contributed by atoms with Crippen molar-refractivity contribution >= 4 is 56.6 Å². The molecule has 0 bridgehead atoms. The topological polar surface area (TPSA) is 79.6 Å². The Morgan fingerprint density at radius 3 is 2.67 bits per heavy atom. The minimum absolute atomic E-state index is 0.219. The van der Waals surface area contributed by atoms with Crippen LogP contribution in [-0.2, 0) is 20.6 Å². The number of sulfonamides is 1. The lowest BCUT2D eigenvalue weighted by Gasteiger charge is -2.22. The van der Waals surface area contributed by atoms with E-state index in [1.54, 1.807) is 18.0 Å². The summed E-state index contributed by atoms with van der Waals surface area (Å²) in [7, 11) is -3.65. The van der Waals surface area contributed by atoms with Gasteiger partial charge in [0, 0.05) is 6.54 Å². The van der Waals surface area contributed by atoms with E-state index in [2.05, 4.69) is 5.32 Å². The second kappa shape index (κ2) is 10.3. The molecule has 1 aromatic heterocycles. The number of nitrogens with zero attached hydrogens (tertiary/aromatic N) is 1. The first-order valence-corrected chi connectivity index (χ1v) is 11.8. The Hall–Kier alpha value is -1.35. The van der Waals surface area contributed by atoms with Crippen molar-refractivity contribution in [3.63, 3.8) is 0 Å². The van der Waals surface area contributed by atoms with Gasteiger partial charge in [0.05, 0.1) is 34.0 Å². The van der Waals surface area contributed by atoms with Gasteiger partial charge in [0.1, 0.15) is 12.3 Å². The van der Waals surface area contributed by atoms with Crippen molar-refractivity contribution in [1.82, 2.24) is 5.32 Å². The van der Waals surface area contributed by atoms with Gasteiger partial charge in [0.15, 0.2) is 0 Å². The summed E-state index contributed by atoms with van der Waals surface area (Å²) in [5, 5.41) is 3.26. The molecule has 0 saturated heterocycles. The molecule has 0 atom stereocenters. The number of carbonyl (C=O) groups is 1. The van der Waals surface area contributed by atoms with Crippen molar-refractivity contribution in [3.8, 4) is 0 Å². The molecule has 2 aromatic rings. The predicted octanol–water partition coefficient (Wildman–Crippen LogP) is 3.79. The Bertz CT molecular complexity index is 858. The van der Waals surface area contributed by atoms with Gasteiger partial charge in [-0.3, -0.25) is 9.10 Å². The van der Waals surface area contributed by atoms with Crippen LogP contribution < -0.4 is 9.62 Å². The maximum atomic E-state index is 12.1. The van der Waals surface area contributed by atoms with Crippen LogP contribution in [0.2, 0.25) is 10.0 Å². The van der Waals surface area contributed by atoms with E-state index in [-0.39, 0.29) is 23.2 Å². The van der Waals surface area contributed by atoms with Gasteiger partial charge < -0.3 is 9.73 Å². The van der Waals surface area contributed by atoms with Crippen molar-refractivity contribution in [2.45, 2.75) is 12.2 Å². The Balaban J connectivity index is 1.80. The van der Waals surface area contributed by atoms with E-state index < -0.39 is 10.0 Å². The largest absolute Gasteiger partial charge is 0.468 e. The molecule has 0 saturated carbocycles. The second-order valence-corrected chi connectivity index (χ2v) is 9.53. The van der Waals surface area contributed by atoms with Gasteiger partial charge >= 0.3 is 0 Å². The fourth-order valence-electron chi connectivity index (χ4n) is 2.20. The number of halogens is 2. The van der Waals surface area contributed by atoms with Crippen molar-refractivity contribution in [1.29, 1.82) is 0 Å². The number of furan rings is 1. The van der Waals surface area contributed by atoms with Crippen LogP contribution in [0.1, 0.15) is 12.2 Å². The SMILES string of the molecule is CS(=O)(=O)N(CC(=O)NCCCSCc1ccco1)c1ccc(Cl)c(Cl)c1. The summed E-state index contributed by atoms with van der Waals surface area (Å²) in [4.78, 5) is 12.1. The number of carbonyl (C=O) groups excluding carboxylic acids is 1. The Labute approximate surface area is 173 Å². The monoisotopic (exact) mass is 450 g/mol. The Kier molecular flexibility index (Phi) is 8.34. The third-order valence-electron chi connectivity index (χ3n) is 3.49. The summed E-state index contributed by atoms with van der Waals surface area (Å²) in [6, 6.07) is 8.18. The lowest BCUT2D eigenvalue weighted by atomic mass is 10.3. The van der Waals surface area contributed by atoms with Crippen molar-refractivity contribution in [3.05, 3.63) is 52.4 Å². The average molecular weight is 451 g/mol. The van der Waals surface area contributed by atoms with Crippen LogP contribution in [0.4, 0.5) is 5.69 Å². The number of amides is 1. The first kappa shape index (κ1) is 21.9. The van der Waals surface area contributed by atoms with Crippen LogP contribution in [0, 0.1) is 0 Å². The zero-order valence-corrected chi connectivity index (χ0v) is 17.8. The predicted molar refractivity (Wildman–Crippen MR) is 111 cm³/mol. The lowest BCUT2D eigenvalue weighted by Crippen LogP contribution is -2.40. The molecular formula is C17H20Cl2N2O4S2. The molecule has 27 heavy (non-hydrogen) atoms. The van der Waals surface area contributed by atoms with Gasteiger partial charge in [0.2, 0.25) is 15.9 Å². The number of thioether (sulfide) groups is 1. The van der Waals surface area contributed by atoms with E-state index in [1.807, 2.05) is 12.1 Å². The zero-order chi connectivity index (χ0) is 19.9. The molecule has 148 valence electrons. The molecule has 0 unspecified atom stereocenters. The highest BCUT2D eigenvalue weighted by Crippen LogP contribution is 2.28. The molecule has 6 nitrogen and oxygen atoms in total. The average Bonchev–Trinajstić information content (AvgIpc) is 3.11. The van der Waals surface area contributed by atoms with Gasteiger partial charge in [0.25, 0.3) is 0 Å². The smallest absolute Gasteiger partial charge is 0.240 e. The van der Waals surface area contributed by atoms with Gasteiger partial charge in [-0.15, -0.1) is 0 Å². The fraction of sp³-hybridized carbons (Fsp3) is 0.353. The van der Waals surface area contributed by atoms with Gasteiger partial charge in [-0.1, -0.05) is 23.2 Å². The molecule has 2 rings (SSSR count). The van der Waals surface area contributed by atoms with E-state index >= 15 is 0 Å². The summed E-state index contributed by atoms with van der Waals surface area (Å²) in [6.07, 6.45) is 3.44. The highest BCUT2D eigenvalue weighted by atomic mass is 35.5. The number of anilines is 1. The van der Waals surface area contributed by atoms with Crippen molar-refractivity contribution < 1.29 is 17.6 Å². The summed E-state index contributed by atoms with van der Waals surface area (Å²) < 4.78 is 30.3. The van der Waals surface area contributed by atoms with E-state index in [0.717, 1.165) is 34.2 Å². The van der Waals surface area contributed by atoms with E-state index in [1.165, 1.54) is 18.2 Å². The molecule has 1 aromatic carbocycles. The number of benzene rings is 1. The third-order valence-corrected chi connectivity index (χ3v) is 6.44. The van der Waals surface area contributed by atoms with Crippen molar-refractivity contribution in [2.24, 2.45) is 0 Å². The molecule has 1 N–H and O–H groups in total. The molecule has 0 aliphatic heterocycles. The number of hydrogen-bond donors (Lipinski definition) is 1. The minimum Gasteiger partial charge on any atom is -0.468 e. The summed E-state index contributed by atoms with van der Waals surface area (Å²) in [5.41, 5.74) is 0.288. The van der Waals surface area contributed by atoms with Gasteiger partial charge in [-0.05, 0) is 42.5 Å². The molecule has 10 heteroatoms. The molecule has 0 radical (unpaired) electrons. The lowest BCUT2D eigenvalue weighted by molar-refractivity contribution is -0.119. The standard InChI is InChI=1S/C17H20Cl2N2O4S2/c1-27(23,24)21(13-5-6-15(18)16(19)10-13)11-17(22)20-7-3-9-26-12-14-4-2-8-25-14/h2,4-6,8,10H,3,7,9,11-12H2,1H3,(H,20,22). The first-order valence-electron chi connectivity index (χ1n) is 8.07. The summed E-state index contributed by atoms with van der Waals surface area (Å²) in [6.45, 7) is 0.138. The Morgan fingerprint density at radius 1 is 1.26 bits per heavy atom. The van der Waals surface area contributed by atoms with E-state index in [9.17, 15) is 13.2 Å². The summed E-state index contributed by atoms with van der Waals surface area (Å²) >= 11 is 13.5. The summed E-state index contributed by atoms with van der Waals surface area (Å²) in [5.74, 6) is 2.15. The number of rotatable bonds is 10.